The number of aryl methyl sites for hydroxylation is 1. The monoisotopic (exact) mass is 301 g/mol. The number of hydrogen-bond donors (Lipinski definition) is 0. The molecule has 1 unspecified atom stereocenters. The predicted molar refractivity (Wildman–Crippen MR) is 84.5 cm³/mol. The summed E-state index contributed by atoms with van der Waals surface area (Å²) in [6.07, 6.45) is 0.0633. The molecule has 2 rings (SSSR count). The average molecular weight is 301 g/mol. The number of ether oxygens (including phenoxy) is 1. The molecule has 1 aromatic carbocycles. The Labute approximate surface area is 132 Å². The Morgan fingerprint density at radius 1 is 1.36 bits per heavy atom. The molecule has 1 fully saturated rings. The Balaban J connectivity index is 1.83. The molecular weight excluding hydrogens is 278 g/mol. The van der Waals surface area contributed by atoms with Crippen LogP contribution in [-0.4, -0.2) is 54.5 Å². The molecule has 0 aromatic heterocycles. The fourth-order valence-electron chi connectivity index (χ4n) is 2.60. The van der Waals surface area contributed by atoms with Crippen LogP contribution in [0.25, 0.3) is 0 Å². The zero-order valence-corrected chi connectivity index (χ0v) is 13.3. The van der Waals surface area contributed by atoms with E-state index in [-0.39, 0.29) is 5.91 Å². The first-order valence-electron chi connectivity index (χ1n) is 7.71. The fraction of sp³-hybridized carbons (Fsp3) is 0.529. The van der Waals surface area contributed by atoms with Crippen LogP contribution in [0.1, 0.15) is 18.9 Å². The van der Waals surface area contributed by atoms with Gasteiger partial charge in [-0.05, 0) is 31.5 Å². The number of carbonyl (C=O) groups excluding carboxylic acids is 1. The van der Waals surface area contributed by atoms with Crippen molar-refractivity contribution >= 4 is 5.91 Å². The van der Waals surface area contributed by atoms with Crippen molar-refractivity contribution in [3.05, 3.63) is 29.8 Å². The summed E-state index contributed by atoms with van der Waals surface area (Å²) in [5.41, 5.74) is 1.11. The van der Waals surface area contributed by atoms with Gasteiger partial charge in [-0.1, -0.05) is 12.1 Å². The van der Waals surface area contributed by atoms with Crippen LogP contribution in [0.4, 0.5) is 0 Å². The molecule has 1 heterocycles. The molecule has 1 aliphatic heterocycles. The first-order valence-corrected chi connectivity index (χ1v) is 7.71. The average Bonchev–Trinajstić information content (AvgIpc) is 2.52. The van der Waals surface area contributed by atoms with Gasteiger partial charge in [0.25, 0.3) is 5.91 Å². The van der Waals surface area contributed by atoms with Gasteiger partial charge in [-0.3, -0.25) is 9.69 Å². The Kier molecular flexibility index (Phi) is 5.79. The molecule has 0 saturated carbocycles. The molecule has 118 valence electrons. The SMILES string of the molecule is Cc1cccc(OC(C)C(=O)N2CCN(CCC#N)CC2)c1. The van der Waals surface area contributed by atoms with Crippen LogP contribution in [-0.2, 0) is 4.79 Å². The number of rotatable bonds is 5. The van der Waals surface area contributed by atoms with Gasteiger partial charge in [-0.25, -0.2) is 0 Å². The number of amides is 1. The summed E-state index contributed by atoms with van der Waals surface area (Å²) in [7, 11) is 0. The molecule has 1 aromatic rings. The van der Waals surface area contributed by atoms with Gasteiger partial charge in [0.1, 0.15) is 5.75 Å². The van der Waals surface area contributed by atoms with E-state index in [0.717, 1.165) is 30.9 Å². The van der Waals surface area contributed by atoms with E-state index in [1.165, 1.54) is 0 Å². The molecule has 5 nitrogen and oxygen atoms in total. The standard InChI is InChI=1S/C17H23N3O2/c1-14-5-3-6-16(13-14)22-15(2)17(21)20-11-9-19(10-12-20)8-4-7-18/h3,5-6,13,15H,4,8-12H2,1-2H3. The molecule has 0 N–H and O–H groups in total. The smallest absolute Gasteiger partial charge is 0.263 e. The molecule has 5 heteroatoms. The summed E-state index contributed by atoms with van der Waals surface area (Å²) < 4.78 is 5.75. The second-order valence-electron chi connectivity index (χ2n) is 5.65. The fourth-order valence-corrected chi connectivity index (χ4v) is 2.60. The Hall–Kier alpha value is -2.06. The maximum Gasteiger partial charge on any atom is 0.263 e. The zero-order chi connectivity index (χ0) is 15.9. The maximum atomic E-state index is 12.4. The highest BCUT2D eigenvalue weighted by atomic mass is 16.5. The number of hydrogen-bond acceptors (Lipinski definition) is 4. The van der Waals surface area contributed by atoms with Gasteiger partial charge in [-0.2, -0.15) is 5.26 Å². The Bertz CT molecular complexity index is 545. The van der Waals surface area contributed by atoms with Crippen molar-refractivity contribution in [1.29, 1.82) is 5.26 Å². The van der Waals surface area contributed by atoms with Crippen molar-refractivity contribution < 1.29 is 9.53 Å². The number of nitriles is 1. The summed E-state index contributed by atoms with van der Waals surface area (Å²) in [6, 6.07) is 9.89. The van der Waals surface area contributed by atoms with E-state index in [1.54, 1.807) is 6.92 Å². The van der Waals surface area contributed by atoms with E-state index in [0.29, 0.717) is 19.5 Å². The summed E-state index contributed by atoms with van der Waals surface area (Å²) in [4.78, 5) is 16.5. The summed E-state index contributed by atoms with van der Waals surface area (Å²) in [5, 5.41) is 8.61. The maximum absolute atomic E-state index is 12.4. The van der Waals surface area contributed by atoms with E-state index in [9.17, 15) is 4.79 Å². The summed E-state index contributed by atoms with van der Waals surface area (Å²) in [5.74, 6) is 0.759. The van der Waals surface area contributed by atoms with Gasteiger partial charge in [0.15, 0.2) is 6.10 Å². The molecule has 22 heavy (non-hydrogen) atoms. The van der Waals surface area contributed by atoms with Crippen LogP contribution < -0.4 is 4.74 Å². The van der Waals surface area contributed by atoms with E-state index < -0.39 is 6.10 Å². The molecule has 1 atom stereocenters. The minimum Gasteiger partial charge on any atom is -0.481 e. The van der Waals surface area contributed by atoms with Crippen LogP contribution in [0.2, 0.25) is 0 Å². The highest BCUT2D eigenvalue weighted by Gasteiger charge is 2.25. The van der Waals surface area contributed by atoms with Gasteiger partial charge in [-0.15, -0.1) is 0 Å². The number of nitrogens with zero attached hydrogens (tertiary/aromatic N) is 3. The van der Waals surface area contributed by atoms with Crippen LogP contribution in [0, 0.1) is 18.3 Å². The van der Waals surface area contributed by atoms with Crippen molar-refractivity contribution in [2.24, 2.45) is 0 Å². The largest absolute Gasteiger partial charge is 0.481 e. The minimum atomic E-state index is -0.479. The zero-order valence-electron chi connectivity index (χ0n) is 13.3. The van der Waals surface area contributed by atoms with Crippen molar-refractivity contribution in [3.63, 3.8) is 0 Å². The normalized spacial score (nSPS) is 16.9. The van der Waals surface area contributed by atoms with Crippen molar-refractivity contribution in [2.45, 2.75) is 26.4 Å². The first kappa shape index (κ1) is 16.3. The highest BCUT2D eigenvalue weighted by Crippen LogP contribution is 2.15. The number of piperazine rings is 1. The van der Waals surface area contributed by atoms with Crippen LogP contribution in [0.5, 0.6) is 5.75 Å². The third kappa shape index (κ3) is 4.47. The van der Waals surface area contributed by atoms with Crippen LogP contribution in [0.15, 0.2) is 24.3 Å². The van der Waals surface area contributed by atoms with Crippen LogP contribution >= 0.6 is 0 Å². The van der Waals surface area contributed by atoms with Crippen molar-refractivity contribution in [2.75, 3.05) is 32.7 Å². The van der Waals surface area contributed by atoms with Crippen LogP contribution in [0.3, 0.4) is 0 Å². The Morgan fingerprint density at radius 3 is 2.73 bits per heavy atom. The van der Waals surface area contributed by atoms with Gasteiger partial charge >= 0.3 is 0 Å². The number of benzene rings is 1. The lowest BCUT2D eigenvalue weighted by Crippen LogP contribution is -2.51. The van der Waals surface area contributed by atoms with Gasteiger partial charge in [0.05, 0.1) is 6.07 Å². The van der Waals surface area contributed by atoms with Gasteiger partial charge in [0.2, 0.25) is 0 Å². The van der Waals surface area contributed by atoms with E-state index >= 15 is 0 Å². The van der Waals surface area contributed by atoms with E-state index in [2.05, 4.69) is 11.0 Å². The lowest BCUT2D eigenvalue weighted by molar-refractivity contribution is -0.139. The van der Waals surface area contributed by atoms with Crippen molar-refractivity contribution in [1.82, 2.24) is 9.80 Å². The quantitative estimate of drug-likeness (QED) is 0.832. The molecule has 0 aliphatic carbocycles. The molecule has 1 saturated heterocycles. The summed E-state index contributed by atoms with van der Waals surface area (Å²) in [6.45, 7) is 7.63. The van der Waals surface area contributed by atoms with E-state index in [1.807, 2.05) is 36.1 Å². The molecule has 1 aliphatic rings. The topological polar surface area (TPSA) is 56.6 Å². The molecule has 0 radical (unpaired) electrons. The predicted octanol–water partition coefficient (Wildman–Crippen LogP) is 1.82. The van der Waals surface area contributed by atoms with Crippen molar-refractivity contribution in [3.8, 4) is 11.8 Å². The second-order valence-corrected chi connectivity index (χ2v) is 5.65. The first-order chi connectivity index (χ1) is 10.6. The molecule has 0 bridgehead atoms. The third-order valence-electron chi connectivity index (χ3n) is 3.87. The highest BCUT2D eigenvalue weighted by molar-refractivity contribution is 5.81. The van der Waals surface area contributed by atoms with E-state index in [4.69, 9.17) is 10.00 Å². The molecular formula is C17H23N3O2. The summed E-state index contributed by atoms with van der Waals surface area (Å²) >= 11 is 0. The minimum absolute atomic E-state index is 0.0291. The molecule has 1 amide bonds. The Morgan fingerprint density at radius 2 is 2.09 bits per heavy atom. The lowest BCUT2D eigenvalue weighted by Gasteiger charge is -2.35. The second kappa shape index (κ2) is 7.81. The third-order valence-corrected chi connectivity index (χ3v) is 3.87. The lowest BCUT2D eigenvalue weighted by atomic mass is 10.2. The van der Waals surface area contributed by atoms with Gasteiger partial charge < -0.3 is 9.64 Å². The van der Waals surface area contributed by atoms with Gasteiger partial charge in [0, 0.05) is 39.1 Å². The molecule has 0 spiro atoms. The number of carbonyl (C=O) groups is 1.